The highest BCUT2D eigenvalue weighted by atomic mass is 16.4. The Hall–Kier alpha value is -2.36. The van der Waals surface area contributed by atoms with Crippen molar-refractivity contribution in [2.45, 2.75) is 25.7 Å². The van der Waals surface area contributed by atoms with Crippen molar-refractivity contribution in [1.82, 2.24) is 4.57 Å². The summed E-state index contributed by atoms with van der Waals surface area (Å²) < 4.78 is 1.68. The molecule has 0 unspecified atom stereocenters. The number of rotatable bonds is 7. The highest BCUT2D eigenvalue weighted by Crippen LogP contribution is 2.13. The highest BCUT2D eigenvalue weighted by Gasteiger charge is 2.13. The molecule has 0 fully saturated rings. The van der Waals surface area contributed by atoms with E-state index >= 15 is 0 Å². The Kier molecular flexibility index (Phi) is 4.93. The van der Waals surface area contributed by atoms with Gasteiger partial charge in [0, 0.05) is 19.2 Å². The Morgan fingerprint density at radius 3 is 2.48 bits per heavy atom. The zero-order valence-electron chi connectivity index (χ0n) is 12.1. The summed E-state index contributed by atoms with van der Waals surface area (Å²) in [6.07, 6.45) is 2.08. The van der Waals surface area contributed by atoms with Gasteiger partial charge in [-0.05, 0) is 30.5 Å². The number of aryl methyl sites for hydroxylation is 1. The fraction of sp³-hybridized carbons (Fsp3) is 0.294. The maximum atomic E-state index is 12.2. The first-order valence-electron chi connectivity index (χ1n) is 7.01. The summed E-state index contributed by atoms with van der Waals surface area (Å²) in [7, 11) is 1.74. The van der Waals surface area contributed by atoms with E-state index in [2.05, 4.69) is 12.1 Å². The minimum Gasteiger partial charge on any atom is -0.481 e. The largest absolute Gasteiger partial charge is 0.481 e. The Labute approximate surface area is 124 Å². The zero-order chi connectivity index (χ0) is 15.2. The standard InChI is InChI=1S/C17H19NO3/c1-18-14(12-17(20)21)10-11-15(18)16(19)9-5-8-13-6-3-2-4-7-13/h2-4,6-7,10-11H,5,8-9,12H2,1H3,(H,20,21). The van der Waals surface area contributed by atoms with Crippen LogP contribution >= 0.6 is 0 Å². The molecule has 1 heterocycles. The fourth-order valence-corrected chi connectivity index (χ4v) is 2.39. The summed E-state index contributed by atoms with van der Waals surface area (Å²) in [4.78, 5) is 22.9. The first kappa shape index (κ1) is 15.0. The molecule has 2 aromatic rings. The van der Waals surface area contributed by atoms with E-state index in [1.807, 2.05) is 18.2 Å². The van der Waals surface area contributed by atoms with E-state index in [1.54, 1.807) is 23.7 Å². The van der Waals surface area contributed by atoms with Crippen LogP contribution in [-0.4, -0.2) is 21.4 Å². The third kappa shape index (κ3) is 4.05. The van der Waals surface area contributed by atoms with Gasteiger partial charge in [0.1, 0.15) is 0 Å². The molecule has 4 heteroatoms. The number of hydrogen-bond acceptors (Lipinski definition) is 2. The lowest BCUT2D eigenvalue weighted by atomic mass is 10.1. The molecule has 1 aromatic heterocycles. The molecule has 110 valence electrons. The molecule has 0 saturated carbocycles. The Bertz CT molecular complexity index is 629. The molecule has 0 aliphatic heterocycles. The Morgan fingerprint density at radius 2 is 1.81 bits per heavy atom. The molecule has 0 saturated heterocycles. The van der Waals surface area contributed by atoms with Crippen molar-refractivity contribution < 1.29 is 14.7 Å². The van der Waals surface area contributed by atoms with Crippen molar-refractivity contribution in [2.24, 2.45) is 7.05 Å². The van der Waals surface area contributed by atoms with Gasteiger partial charge in [-0.2, -0.15) is 0 Å². The van der Waals surface area contributed by atoms with Gasteiger partial charge in [-0.3, -0.25) is 9.59 Å². The van der Waals surface area contributed by atoms with Crippen LogP contribution < -0.4 is 0 Å². The number of Topliss-reactive ketones (excluding diaryl/α,β-unsaturated/α-hetero) is 1. The van der Waals surface area contributed by atoms with Gasteiger partial charge >= 0.3 is 5.97 Å². The number of carboxylic acid groups (broad SMARTS) is 1. The quantitative estimate of drug-likeness (QED) is 0.796. The minimum absolute atomic E-state index is 0.0602. The Balaban J connectivity index is 1.91. The number of aromatic nitrogens is 1. The smallest absolute Gasteiger partial charge is 0.309 e. The van der Waals surface area contributed by atoms with Crippen LogP contribution in [0.5, 0.6) is 0 Å². The van der Waals surface area contributed by atoms with Crippen molar-refractivity contribution in [2.75, 3.05) is 0 Å². The van der Waals surface area contributed by atoms with Gasteiger partial charge < -0.3 is 9.67 Å². The van der Waals surface area contributed by atoms with Gasteiger partial charge in [0.25, 0.3) is 0 Å². The number of nitrogens with zero attached hydrogens (tertiary/aromatic N) is 1. The summed E-state index contributed by atoms with van der Waals surface area (Å²) in [6.45, 7) is 0. The third-order valence-electron chi connectivity index (χ3n) is 3.56. The molecule has 0 atom stereocenters. The van der Waals surface area contributed by atoms with E-state index in [-0.39, 0.29) is 12.2 Å². The molecule has 4 nitrogen and oxygen atoms in total. The molecule has 0 amide bonds. The summed E-state index contributed by atoms with van der Waals surface area (Å²) in [5.74, 6) is -0.829. The third-order valence-corrected chi connectivity index (χ3v) is 3.56. The van der Waals surface area contributed by atoms with Crippen molar-refractivity contribution in [3.05, 3.63) is 59.4 Å². The van der Waals surface area contributed by atoms with Crippen LogP contribution in [0.4, 0.5) is 0 Å². The lowest BCUT2D eigenvalue weighted by molar-refractivity contribution is -0.136. The number of hydrogen-bond donors (Lipinski definition) is 1. The number of benzene rings is 1. The summed E-state index contributed by atoms with van der Waals surface area (Å²) >= 11 is 0. The molecule has 0 radical (unpaired) electrons. The van der Waals surface area contributed by atoms with Gasteiger partial charge in [0.15, 0.2) is 5.78 Å². The summed E-state index contributed by atoms with van der Waals surface area (Å²) in [6, 6.07) is 13.5. The lowest BCUT2D eigenvalue weighted by Crippen LogP contribution is -2.11. The van der Waals surface area contributed by atoms with E-state index in [0.29, 0.717) is 17.8 Å². The van der Waals surface area contributed by atoms with E-state index in [4.69, 9.17) is 5.11 Å². The van der Waals surface area contributed by atoms with Gasteiger partial charge in [0.05, 0.1) is 12.1 Å². The van der Waals surface area contributed by atoms with Gasteiger partial charge in [-0.25, -0.2) is 0 Å². The van der Waals surface area contributed by atoms with Crippen molar-refractivity contribution in [1.29, 1.82) is 0 Å². The van der Waals surface area contributed by atoms with E-state index in [1.165, 1.54) is 5.56 Å². The Morgan fingerprint density at radius 1 is 1.10 bits per heavy atom. The van der Waals surface area contributed by atoms with Crippen LogP contribution in [0.1, 0.15) is 34.6 Å². The molecule has 1 aromatic carbocycles. The average molecular weight is 285 g/mol. The maximum Gasteiger partial charge on any atom is 0.309 e. The number of carbonyl (C=O) groups excluding carboxylic acids is 1. The monoisotopic (exact) mass is 285 g/mol. The lowest BCUT2D eigenvalue weighted by Gasteiger charge is -2.06. The second kappa shape index (κ2) is 6.88. The zero-order valence-corrected chi connectivity index (χ0v) is 12.1. The second-order valence-corrected chi connectivity index (χ2v) is 5.10. The average Bonchev–Trinajstić information content (AvgIpc) is 2.81. The van der Waals surface area contributed by atoms with E-state index in [9.17, 15) is 9.59 Å². The molecular weight excluding hydrogens is 266 g/mol. The van der Waals surface area contributed by atoms with Gasteiger partial charge in [-0.1, -0.05) is 30.3 Å². The van der Waals surface area contributed by atoms with Crippen LogP contribution in [0.25, 0.3) is 0 Å². The predicted octanol–water partition coefficient (Wildman–Crippen LogP) is 2.86. The molecular formula is C17H19NO3. The molecule has 1 N–H and O–H groups in total. The second-order valence-electron chi connectivity index (χ2n) is 5.10. The molecule has 0 bridgehead atoms. The summed E-state index contributed by atoms with van der Waals surface area (Å²) in [5, 5.41) is 8.81. The highest BCUT2D eigenvalue weighted by molar-refractivity contribution is 5.95. The van der Waals surface area contributed by atoms with Crippen molar-refractivity contribution >= 4 is 11.8 Å². The molecule has 0 spiro atoms. The minimum atomic E-state index is -0.890. The SMILES string of the molecule is Cn1c(CC(=O)O)ccc1C(=O)CCCc1ccccc1. The molecule has 2 rings (SSSR count). The number of carbonyl (C=O) groups is 2. The normalized spacial score (nSPS) is 10.5. The van der Waals surface area contributed by atoms with Crippen LogP contribution in [-0.2, 0) is 24.7 Å². The van der Waals surface area contributed by atoms with Gasteiger partial charge in [0.2, 0.25) is 0 Å². The van der Waals surface area contributed by atoms with Crippen molar-refractivity contribution in [3.8, 4) is 0 Å². The van der Waals surface area contributed by atoms with E-state index < -0.39 is 5.97 Å². The van der Waals surface area contributed by atoms with E-state index in [0.717, 1.165) is 12.8 Å². The van der Waals surface area contributed by atoms with Crippen LogP contribution in [0.3, 0.4) is 0 Å². The van der Waals surface area contributed by atoms with Crippen molar-refractivity contribution in [3.63, 3.8) is 0 Å². The molecule has 21 heavy (non-hydrogen) atoms. The van der Waals surface area contributed by atoms with Crippen LogP contribution in [0.15, 0.2) is 42.5 Å². The number of aliphatic carboxylic acids is 1. The number of ketones is 1. The first-order chi connectivity index (χ1) is 10.1. The predicted molar refractivity (Wildman–Crippen MR) is 80.5 cm³/mol. The maximum absolute atomic E-state index is 12.2. The number of carboxylic acids is 1. The first-order valence-corrected chi connectivity index (χ1v) is 7.01. The summed E-state index contributed by atoms with van der Waals surface area (Å²) in [5.41, 5.74) is 2.46. The fourth-order valence-electron chi connectivity index (χ4n) is 2.39. The molecule has 0 aliphatic carbocycles. The van der Waals surface area contributed by atoms with Crippen LogP contribution in [0, 0.1) is 0 Å². The molecule has 0 aliphatic rings. The van der Waals surface area contributed by atoms with Crippen LogP contribution in [0.2, 0.25) is 0 Å². The van der Waals surface area contributed by atoms with Gasteiger partial charge in [-0.15, -0.1) is 0 Å². The topological polar surface area (TPSA) is 59.3 Å².